The van der Waals surface area contributed by atoms with Crippen LogP contribution in [0.1, 0.15) is 40.0 Å². The molecule has 3 nitrogen and oxygen atoms in total. The van der Waals surface area contributed by atoms with E-state index in [1.807, 2.05) is 0 Å². The molecular weight excluding hydrogens is 252 g/mol. The van der Waals surface area contributed by atoms with Crippen molar-refractivity contribution in [3.05, 3.63) is 12.2 Å². The van der Waals surface area contributed by atoms with Crippen molar-refractivity contribution in [2.24, 2.45) is 29.1 Å². The second kappa shape index (κ2) is 4.67. The Morgan fingerprint density at radius 2 is 2.10 bits per heavy atom. The van der Waals surface area contributed by atoms with Crippen LogP contribution in [0.3, 0.4) is 0 Å². The molecule has 1 saturated heterocycles. The minimum Gasteiger partial charge on any atom is -0.347 e. The normalized spacial score (nSPS) is 50.6. The molecule has 0 bridgehead atoms. The van der Waals surface area contributed by atoms with Gasteiger partial charge in [-0.1, -0.05) is 32.4 Å². The van der Waals surface area contributed by atoms with Gasteiger partial charge in [0.1, 0.15) is 0 Å². The molecule has 2 aliphatic carbocycles. The van der Waals surface area contributed by atoms with Crippen LogP contribution in [0, 0.1) is 29.1 Å². The maximum atomic E-state index is 12.3. The molecule has 0 spiro atoms. The van der Waals surface area contributed by atoms with Crippen LogP contribution in [0.5, 0.6) is 0 Å². The Morgan fingerprint density at radius 3 is 2.75 bits per heavy atom. The highest BCUT2D eigenvalue weighted by Gasteiger charge is 2.67. The van der Waals surface area contributed by atoms with Crippen molar-refractivity contribution < 1.29 is 14.3 Å². The summed E-state index contributed by atoms with van der Waals surface area (Å²) in [7, 11) is 1.62. The van der Waals surface area contributed by atoms with E-state index < -0.39 is 5.79 Å². The molecule has 3 rings (SSSR count). The van der Waals surface area contributed by atoms with Gasteiger partial charge in [0.05, 0.1) is 6.61 Å². The number of hydrogen-bond acceptors (Lipinski definition) is 3. The van der Waals surface area contributed by atoms with Gasteiger partial charge in [-0.05, 0) is 30.6 Å². The van der Waals surface area contributed by atoms with Gasteiger partial charge in [0.2, 0.25) is 5.79 Å². The van der Waals surface area contributed by atoms with Crippen LogP contribution in [0.2, 0.25) is 0 Å². The van der Waals surface area contributed by atoms with Gasteiger partial charge in [-0.2, -0.15) is 0 Å². The average Bonchev–Trinajstić information content (AvgIpc) is 2.72. The molecular formula is C17H26O3. The van der Waals surface area contributed by atoms with Crippen LogP contribution in [0.25, 0.3) is 0 Å². The van der Waals surface area contributed by atoms with E-state index in [2.05, 4.69) is 26.0 Å². The average molecular weight is 278 g/mol. The summed E-state index contributed by atoms with van der Waals surface area (Å²) >= 11 is 0. The number of methoxy groups -OCH3 is 1. The first-order valence-corrected chi connectivity index (χ1v) is 7.84. The van der Waals surface area contributed by atoms with Crippen LogP contribution in [-0.2, 0) is 14.3 Å². The Kier molecular flexibility index (Phi) is 3.33. The van der Waals surface area contributed by atoms with Crippen molar-refractivity contribution in [1.82, 2.24) is 0 Å². The molecule has 0 radical (unpaired) electrons. The number of rotatable bonds is 2. The fourth-order valence-corrected chi connectivity index (χ4v) is 5.12. The second-order valence-electron chi connectivity index (χ2n) is 7.15. The molecule has 1 saturated carbocycles. The van der Waals surface area contributed by atoms with Gasteiger partial charge in [0, 0.05) is 25.4 Å². The first-order chi connectivity index (χ1) is 9.45. The number of carbonyl (C=O) groups is 1. The largest absolute Gasteiger partial charge is 0.347 e. The standard InChI is InChI=1S/C17H26O3/c1-11-5-8-15-13(9-11)6-7-14-10-20-17(19-4,12(2)18)16(14,15)3/h6-7,11,13-15H,5,8-10H2,1-4H3. The number of ketones is 1. The first kappa shape index (κ1) is 14.3. The lowest BCUT2D eigenvalue weighted by Gasteiger charge is -2.53. The molecule has 6 atom stereocenters. The van der Waals surface area contributed by atoms with Crippen molar-refractivity contribution in [1.29, 1.82) is 0 Å². The summed E-state index contributed by atoms with van der Waals surface area (Å²) in [6.07, 6.45) is 8.30. The summed E-state index contributed by atoms with van der Waals surface area (Å²) < 4.78 is 11.7. The third kappa shape index (κ3) is 1.62. The zero-order valence-electron chi connectivity index (χ0n) is 13.0. The summed E-state index contributed by atoms with van der Waals surface area (Å²) in [5.74, 6) is 1.08. The molecule has 0 aromatic rings. The molecule has 20 heavy (non-hydrogen) atoms. The maximum absolute atomic E-state index is 12.3. The summed E-state index contributed by atoms with van der Waals surface area (Å²) in [5, 5.41) is 0. The molecule has 3 aliphatic rings. The highest BCUT2D eigenvalue weighted by atomic mass is 16.7. The van der Waals surface area contributed by atoms with E-state index in [4.69, 9.17) is 9.47 Å². The first-order valence-electron chi connectivity index (χ1n) is 7.84. The quantitative estimate of drug-likeness (QED) is 0.728. The van der Waals surface area contributed by atoms with Crippen molar-refractivity contribution in [2.75, 3.05) is 13.7 Å². The number of ether oxygens (including phenoxy) is 2. The lowest BCUT2D eigenvalue weighted by molar-refractivity contribution is -0.246. The third-order valence-corrected chi connectivity index (χ3v) is 6.22. The predicted octanol–water partition coefficient (Wildman–Crippen LogP) is 3.19. The third-order valence-electron chi connectivity index (χ3n) is 6.22. The fraction of sp³-hybridized carbons (Fsp3) is 0.824. The smallest absolute Gasteiger partial charge is 0.234 e. The SMILES string of the molecule is COC1(C(C)=O)OCC2C=CC3CC(C)CCC3C21C. The van der Waals surface area contributed by atoms with Crippen molar-refractivity contribution in [3.63, 3.8) is 0 Å². The van der Waals surface area contributed by atoms with Gasteiger partial charge in [-0.3, -0.25) is 4.79 Å². The molecule has 0 N–H and O–H groups in total. The summed E-state index contributed by atoms with van der Waals surface area (Å²) in [4.78, 5) is 12.3. The molecule has 0 amide bonds. The number of fused-ring (bicyclic) bond motifs is 3. The van der Waals surface area contributed by atoms with E-state index >= 15 is 0 Å². The van der Waals surface area contributed by atoms with Gasteiger partial charge < -0.3 is 9.47 Å². The van der Waals surface area contributed by atoms with Crippen molar-refractivity contribution in [2.45, 2.75) is 45.8 Å². The van der Waals surface area contributed by atoms with E-state index in [9.17, 15) is 4.79 Å². The van der Waals surface area contributed by atoms with E-state index in [1.54, 1.807) is 14.0 Å². The van der Waals surface area contributed by atoms with E-state index in [0.717, 1.165) is 5.92 Å². The number of allylic oxidation sites excluding steroid dienone is 1. The van der Waals surface area contributed by atoms with Gasteiger partial charge in [0.25, 0.3) is 0 Å². The van der Waals surface area contributed by atoms with Crippen LogP contribution in [0.15, 0.2) is 12.2 Å². The number of Topliss-reactive ketones (excluding diaryl/α,β-unsaturated/α-hetero) is 1. The molecule has 3 heteroatoms. The summed E-state index contributed by atoms with van der Waals surface area (Å²) in [6.45, 7) is 6.75. The molecule has 1 aliphatic heterocycles. The molecule has 2 fully saturated rings. The highest BCUT2D eigenvalue weighted by molar-refractivity contribution is 5.85. The minimum atomic E-state index is -1.05. The van der Waals surface area contributed by atoms with Gasteiger partial charge in [-0.15, -0.1) is 0 Å². The Morgan fingerprint density at radius 1 is 1.35 bits per heavy atom. The van der Waals surface area contributed by atoms with Crippen molar-refractivity contribution in [3.8, 4) is 0 Å². The van der Waals surface area contributed by atoms with E-state index in [0.29, 0.717) is 24.4 Å². The van der Waals surface area contributed by atoms with E-state index in [1.165, 1.54) is 19.3 Å². The topological polar surface area (TPSA) is 35.5 Å². The minimum absolute atomic E-state index is 0.0117. The Balaban J connectivity index is 2.05. The lowest BCUT2D eigenvalue weighted by atomic mass is 9.53. The fourth-order valence-electron chi connectivity index (χ4n) is 5.12. The zero-order valence-corrected chi connectivity index (χ0v) is 13.0. The highest BCUT2D eigenvalue weighted by Crippen LogP contribution is 2.61. The van der Waals surface area contributed by atoms with Gasteiger partial charge in [-0.25, -0.2) is 0 Å². The Bertz CT molecular complexity index is 444. The summed E-state index contributed by atoms with van der Waals surface area (Å²) in [5.41, 5.74) is -0.229. The monoisotopic (exact) mass is 278 g/mol. The van der Waals surface area contributed by atoms with E-state index in [-0.39, 0.29) is 11.2 Å². The maximum Gasteiger partial charge on any atom is 0.234 e. The molecule has 0 aromatic carbocycles. The summed E-state index contributed by atoms with van der Waals surface area (Å²) in [6, 6.07) is 0. The predicted molar refractivity (Wildman–Crippen MR) is 77.1 cm³/mol. The van der Waals surface area contributed by atoms with Crippen molar-refractivity contribution >= 4 is 5.78 Å². The number of carbonyl (C=O) groups excluding carboxylic acids is 1. The van der Waals surface area contributed by atoms with Gasteiger partial charge >= 0.3 is 0 Å². The Hall–Kier alpha value is -0.670. The molecule has 0 aromatic heterocycles. The Labute approximate surface area is 121 Å². The molecule has 112 valence electrons. The molecule has 6 unspecified atom stereocenters. The van der Waals surface area contributed by atoms with Crippen LogP contribution < -0.4 is 0 Å². The lowest BCUT2D eigenvalue weighted by Crippen LogP contribution is -2.59. The second-order valence-corrected chi connectivity index (χ2v) is 7.15. The van der Waals surface area contributed by atoms with Crippen LogP contribution in [0.4, 0.5) is 0 Å². The van der Waals surface area contributed by atoms with Crippen LogP contribution >= 0.6 is 0 Å². The number of hydrogen-bond donors (Lipinski definition) is 0. The molecule has 1 heterocycles. The van der Waals surface area contributed by atoms with Crippen LogP contribution in [-0.4, -0.2) is 25.3 Å². The zero-order chi connectivity index (χ0) is 14.5. The van der Waals surface area contributed by atoms with Gasteiger partial charge in [0.15, 0.2) is 5.78 Å².